The van der Waals surface area contributed by atoms with Gasteiger partial charge < -0.3 is 25.2 Å². The Hall–Kier alpha value is -2.48. The summed E-state index contributed by atoms with van der Waals surface area (Å²) >= 11 is 6.10. The van der Waals surface area contributed by atoms with Crippen LogP contribution in [0.1, 0.15) is 16.8 Å². The van der Waals surface area contributed by atoms with Crippen molar-refractivity contribution >= 4 is 29.4 Å². The van der Waals surface area contributed by atoms with Gasteiger partial charge in [0.05, 0.1) is 18.1 Å². The highest BCUT2D eigenvalue weighted by Gasteiger charge is 2.32. The number of hydrogen-bond acceptors (Lipinski definition) is 5. The van der Waals surface area contributed by atoms with Crippen LogP contribution >= 0.6 is 11.6 Å². The molecule has 0 aliphatic carbocycles. The summed E-state index contributed by atoms with van der Waals surface area (Å²) in [4.78, 5) is 35.8. The summed E-state index contributed by atoms with van der Waals surface area (Å²) in [5.74, 6) is -2.22. The zero-order valence-electron chi connectivity index (χ0n) is 13.0. The lowest BCUT2D eigenvalue weighted by molar-refractivity contribution is -0.141. The fourth-order valence-corrected chi connectivity index (χ4v) is 2.72. The first kappa shape index (κ1) is 17.9. The summed E-state index contributed by atoms with van der Waals surface area (Å²) in [6.45, 7) is 0.124. The average Bonchev–Trinajstić information content (AvgIpc) is 3.02. The van der Waals surface area contributed by atoms with Crippen molar-refractivity contribution in [3.05, 3.63) is 22.7 Å². The number of benzene rings is 1. The molecule has 1 aliphatic rings. The Balaban J connectivity index is 2.22. The predicted molar refractivity (Wildman–Crippen MR) is 84.3 cm³/mol. The van der Waals surface area contributed by atoms with Gasteiger partial charge in [-0.25, -0.2) is 0 Å². The van der Waals surface area contributed by atoms with E-state index in [4.69, 9.17) is 31.9 Å². The molecule has 1 unspecified atom stereocenters. The van der Waals surface area contributed by atoms with E-state index in [9.17, 15) is 14.4 Å². The number of amides is 2. The fraction of sp³-hybridized carbons (Fsp3) is 0.400. The first-order chi connectivity index (χ1) is 11.3. The third-order valence-corrected chi connectivity index (χ3v) is 3.94. The van der Waals surface area contributed by atoms with Gasteiger partial charge in [0.1, 0.15) is 0 Å². The first-order valence-corrected chi connectivity index (χ1v) is 7.52. The molecular formula is C15H17ClN2O6. The van der Waals surface area contributed by atoms with Crippen molar-refractivity contribution in [2.75, 3.05) is 26.8 Å². The zero-order valence-corrected chi connectivity index (χ0v) is 13.7. The van der Waals surface area contributed by atoms with E-state index in [0.29, 0.717) is 13.0 Å². The molecule has 8 nitrogen and oxygen atoms in total. The molecule has 24 heavy (non-hydrogen) atoms. The van der Waals surface area contributed by atoms with Gasteiger partial charge in [0.15, 0.2) is 18.1 Å². The average molecular weight is 357 g/mol. The van der Waals surface area contributed by atoms with Gasteiger partial charge >= 0.3 is 5.97 Å². The minimum Gasteiger partial charge on any atom is -0.493 e. The molecule has 0 spiro atoms. The number of rotatable bonds is 6. The Bertz CT molecular complexity index is 678. The summed E-state index contributed by atoms with van der Waals surface area (Å²) in [6.07, 6.45) is 0.408. The molecule has 0 radical (unpaired) electrons. The van der Waals surface area contributed by atoms with Gasteiger partial charge in [-0.15, -0.1) is 0 Å². The van der Waals surface area contributed by atoms with Gasteiger partial charge in [-0.3, -0.25) is 14.4 Å². The van der Waals surface area contributed by atoms with E-state index in [1.807, 2.05) is 0 Å². The Morgan fingerprint density at radius 1 is 1.42 bits per heavy atom. The van der Waals surface area contributed by atoms with Crippen LogP contribution in [0.4, 0.5) is 0 Å². The number of aliphatic carboxylic acids is 1. The molecule has 0 saturated carbocycles. The van der Waals surface area contributed by atoms with Crippen molar-refractivity contribution in [1.82, 2.24) is 4.90 Å². The van der Waals surface area contributed by atoms with Crippen LogP contribution in [-0.4, -0.2) is 54.6 Å². The molecule has 1 aromatic rings. The molecule has 2 rings (SSSR count). The quantitative estimate of drug-likeness (QED) is 0.776. The molecule has 2 amide bonds. The number of likely N-dealkylation sites (tertiary alicyclic amines) is 1. The summed E-state index contributed by atoms with van der Waals surface area (Å²) in [5, 5.41) is 9.11. The zero-order chi connectivity index (χ0) is 17.9. The highest BCUT2D eigenvalue weighted by atomic mass is 35.5. The number of carboxylic acid groups (broad SMARTS) is 1. The van der Waals surface area contributed by atoms with Crippen LogP contribution in [0.2, 0.25) is 5.02 Å². The molecule has 1 heterocycles. The number of ether oxygens (including phenoxy) is 2. The van der Waals surface area contributed by atoms with E-state index < -0.39 is 17.8 Å². The van der Waals surface area contributed by atoms with E-state index >= 15 is 0 Å². The molecular weight excluding hydrogens is 340 g/mol. The van der Waals surface area contributed by atoms with Crippen molar-refractivity contribution < 1.29 is 29.0 Å². The summed E-state index contributed by atoms with van der Waals surface area (Å²) in [6, 6.07) is 2.81. The number of carbonyl (C=O) groups is 3. The lowest BCUT2D eigenvalue weighted by Gasteiger charge is -2.18. The van der Waals surface area contributed by atoms with Crippen molar-refractivity contribution in [1.29, 1.82) is 0 Å². The second kappa shape index (κ2) is 7.39. The van der Waals surface area contributed by atoms with Crippen LogP contribution in [0.15, 0.2) is 12.1 Å². The molecule has 9 heteroatoms. The Morgan fingerprint density at radius 2 is 2.12 bits per heavy atom. The molecule has 1 saturated heterocycles. The van der Waals surface area contributed by atoms with Gasteiger partial charge in [-0.05, 0) is 18.6 Å². The van der Waals surface area contributed by atoms with Crippen LogP contribution in [0, 0.1) is 5.92 Å². The molecule has 1 fully saturated rings. The Labute approximate surface area is 143 Å². The van der Waals surface area contributed by atoms with E-state index in [1.54, 1.807) is 0 Å². The molecule has 0 aromatic heterocycles. The lowest BCUT2D eigenvalue weighted by Crippen LogP contribution is -2.30. The van der Waals surface area contributed by atoms with Gasteiger partial charge in [0.2, 0.25) is 0 Å². The van der Waals surface area contributed by atoms with Gasteiger partial charge in [0, 0.05) is 18.7 Å². The van der Waals surface area contributed by atoms with Gasteiger partial charge in [0.25, 0.3) is 11.8 Å². The Morgan fingerprint density at radius 3 is 2.67 bits per heavy atom. The van der Waals surface area contributed by atoms with Crippen molar-refractivity contribution in [3.63, 3.8) is 0 Å². The standard InChI is InChI=1S/C15H17ClN2O6/c1-23-11-5-9(4-10(16)13(11)24-7-12(17)19)14(20)18-3-2-8(6-18)15(21)22/h4-5,8H,2-3,6-7H2,1H3,(H2,17,19)(H,21,22). The number of hydrogen-bond donors (Lipinski definition) is 2. The minimum atomic E-state index is -0.920. The van der Waals surface area contributed by atoms with Gasteiger partial charge in [-0.2, -0.15) is 0 Å². The monoisotopic (exact) mass is 356 g/mol. The summed E-state index contributed by atoms with van der Waals surface area (Å²) in [5.41, 5.74) is 5.27. The number of nitrogens with zero attached hydrogens (tertiary/aromatic N) is 1. The normalized spacial score (nSPS) is 16.8. The van der Waals surface area contributed by atoms with Crippen LogP contribution in [-0.2, 0) is 9.59 Å². The van der Waals surface area contributed by atoms with E-state index in [-0.39, 0.29) is 41.1 Å². The number of methoxy groups -OCH3 is 1. The Kier molecular flexibility index (Phi) is 5.50. The van der Waals surface area contributed by atoms with Crippen LogP contribution in [0.5, 0.6) is 11.5 Å². The first-order valence-electron chi connectivity index (χ1n) is 7.14. The smallest absolute Gasteiger partial charge is 0.308 e. The maximum atomic E-state index is 12.5. The van der Waals surface area contributed by atoms with Crippen LogP contribution < -0.4 is 15.2 Å². The largest absolute Gasteiger partial charge is 0.493 e. The third-order valence-electron chi connectivity index (χ3n) is 3.66. The van der Waals surface area contributed by atoms with E-state index in [2.05, 4.69) is 0 Å². The van der Waals surface area contributed by atoms with E-state index in [1.165, 1.54) is 24.1 Å². The minimum absolute atomic E-state index is 0.0907. The maximum Gasteiger partial charge on any atom is 0.308 e. The molecule has 130 valence electrons. The topological polar surface area (TPSA) is 119 Å². The van der Waals surface area contributed by atoms with Crippen LogP contribution in [0.25, 0.3) is 0 Å². The van der Waals surface area contributed by atoms with Crippen molar-refractivity contribution in [3.8, 4) is 11.5 Å². The number of halogens is 1. The molecule has 1 aromatic carbocycles. The second-order valence-electron chi connectivity index (χ2n) is 5.32. The number of carbonyl (C=O) groups excluding carboxylic acids is 2. The van der Waals surface area contributed by atoms with Crippen molar-refractivity contribution in [2.45, 2.75) is 6.42 Å². The van der Waals surface area contributed by atoms with Crippen LogP contribution in [0.3, 0.4) is 0 Å². The lowest BCUT2D eigenvalue weighted by atomic mass is 10.1. The molecule has 0 bridgehead atoms. The second-order valence-corrected chi connectivity index (χ2v) is 5.73. The fourth-order valence-electron chi connectivity index (χ4n) is 2.46. The number of nitrogens with two attached hydrogens (primary N) is 1. The number of primary amides is 1. The van der Waals surface area contributed by atoms with Gasteiger partial charge in [-0.1, -0.05) is 11.6 Å². The SMILES string of the molecule is COc1cc(C(=O)N2CCC(C(=O)O)C2)cc(Cl)c1OCC(N)=O. The molecule has 3 N–H and O–H groups in total. The third kappa shape index (κ3) is 3.88. The highest BCUT2D eigenvalue weighted by molar-refractivity contribution is 6.32. The maximum absolute atomic E-state index is 12.5. The van der Waals surface area contributed by atoms with E-state index in [0.717, 1.165) is 0 Å². The van der Waals surface area contributed by atoms with Crippen molar-refractivity contribution in [2.24, 2.45) is 11.7 Å². The summed E-state index contributed by atoms with van der Waals surface area (Å²) < 4.78 is 10.3. The predicted octanol–water partition coefficient (Wildman–Crippen LogP) is 0.759. The summed E-state index contributed by atoms with van der Waals surface area (Å²) in [7, 11) is 1.37. The number of carboxylic acids is 1. The molecule has 1 aliphatic heterocycles. The molecule has 1 atom stereocenters. The highest BCUT2D eigenvalue weighted by Crippen LogP contribution is 2.37.